The Kier molecular flexibility index (Phi) is 6.22. The molecule has 30 heavy (non-hydrogen) atoms. The van der Waals surface area contributed by atoms with Gasteiger partial charge in [-0.3, -0.25) is 4.79 Å². The summed E-state index contributed by atoms with van der Waals surface area (Å²) in [6, 6.07) is 13.1. The summed E-state index contributed by atoms with van der Waals surface area (Å²) in [5.41, 5.74) is 8.54. The van der Waals surface area contributed by atoms with Gasteiger partial charge in [0.1, 0.15) is 17.2 Å². The summed E-state index contributed by atoms with van der Waals surface area (Å²) < 4.78 is 12.7. The number of rotatable bonds is 8. The van der Waals surface area contributed by atoms with Gasteiger partial charge in [-0.25, -0.2) is 0 Å². The molecule has 1 amide bonds. The van der Waals surface area contributed by atoms with Gasteiger partial charge in [0.2, 0.25) is 0 Å². The standard InChI is InChI=1S/C23H29N3O4/c1-23(2,14-27)13-25-22(28)21-10-16-9-17(24)5-6-20(16)26(21)12-15-7-18(29-3)11-19(8-15)30-4/h5-11,27H,12-14,24H2,1-4H3,(H,25,28). The summed E-state index contributed by atoms with van der Waals surface area (Å²) in [4.78, 5) is 13.0. The van der Waals surface area contributed by atoms with Crippen LogP contribution in [0.5, 0.6) is 11.5 Å². The molecule has 0 unspecified atom stereocenters. The largest absolute Gasteiger partial charge is 0.497 e. The Morgan fingerprint density at radius 2 is 1.77 bits per heavy atom. The predicted octanol–water partition coefficient (Wildman–Crippen LogP) is 3.04. The van der Waals surface area contributed by atoms with Crippen LogP contribution in [0.1, 0.15) is 29.9 Å². The van der Waals surface area contributed by atoms with Crippen LogP contribution in [0.3, 0.4) is 0 Å². The van der Waals surface area contributed by atoms with Gasteiger partial charge in [0, 0.05) is 47.8 Å². The molecule has 0 aliphatic carbocycles. The van der Waals surface area contributed by atoms with Crippen molar-refractivity contribution < 1.29 is 19.4 Å². The molecule has 0 saturated carbocycles. The van der Waals surface area contributed by atoms with Gasteiger partial charge in [0.15, 0.2) is 0 Å². The highest BCUT2D eigenvalue weighted by atomic mass is 16.5. The molecule has 0 aliphatic rings. The number of aromatic nitrogens is 1. The Morgan fingerprint density at radius 1 is 1.10 bits per heavy atom. The van der Waals surface area contributed by atoms with Gasteiger partial charge in [0.05, 0.1) is 14.2 Å². The van der Waals surface area contributed by atoms with E-state index in [0.29, 0.717) is 36.0 Å². The van der Waals surface area contributed by atoms with E-state index in [9.17, 15) is 9.90 Å². The highest BCUT2D eigenvalue weighted by molar-refractivity contribution is 5.99. The maximum atomic E-state index is 13.0. The molecule has 0 saturated heterocycles. The van der Waals surface area contributed by atoms with E-state index in [-0.39, 0.29) is 12.5 Å². The van der Waals surface area contributed by atoms with Gasteiger partial charge in [-0.1, -0.05) is 13.8 Å². The number of benzene rings is 2. The minimum Gasteiger partial charge on any atom is -0.497 e. The molecule has 0 aliphatic heterocycles. The molecule has 2 aromatic carbocycles. The lowest BCUT2D eigenvalue weighted by Gasteiger charge is -2.22. The van der Waals surface area contributed by atoms with Gasteiger partial charge in [-0.05, 0) is 42.0 Å². The molecule has 0 spiro atoms. The number of ether oxygens (including phenoxy) is 2. The fourth-order valence-electron chi connectivity index (χ4n) is 3.25. The first-order chi connectivity index (χ1) is 14.3. The number of aliphatic hydroxyl groups is 1. The van der Waals surface area contributed by atoms with Crippen molar-refractivity contribution in [2.24, 2.45) is 5.41 Å². The number of aliphatic hydroxyl groups excluding tert-OH is 1. The quantitative estimate of drug-likeness (QED) is 0.495. The van der Waals surface area contributed by atoms with Crippen LogP contribution in [0.4, 0.5) is 5.69 Å². The van der Waals surface area contributed by atoms with Crippen molar-refractivity contribution in [1.82, 2.24) is 9.88 Å². The molecule has 0 bridgehead atoms. The summed E-state index contributed by atoms with van der Waals surface area (Å²) in [5.74, 6) is 1.16. The first-order valence-electron chi connectivity index (χ1n) is 9.76. The highest BCUT2D eigenvalue weighted by Gasteiger charge is 2.21. The van der Waals surface area contributed by atoms with Crippen LogP contribution in [-0.2, 0) is 6.54 Å². The van der Waals surface area contributed by atoms with E-state index in [1.54, 1.807) is 14.2 Å². The van der Waals surface area contributed by atoms with Crippen LogP contribution in [-0.4, -0.2) is 43.0 Å². The number of carbonyl (C=O) groups excluding carboxylic acids is 1. The van der Waals surface area contributed by atoms with Crippen LogP contribution in [0.2, 0.25) is 0 Å². The average Bonchev–Trinajstić information content (AvgIpc) is 3.09. The zero-order chi connectivity index (χ0) is 21.9. The molecule has 3 aromatic rings. The first-order valence-corrected chi connectivity index (χ1v) is 9.76. The minimum absolute atomic E-state index is 0.0175. The summed E-state index contributed by atoms with van der Waals surface area (Å²) in [6.07, 6.45) is 0. The molecule has 7 heteroatoms. The highest BCUT2D eigenvalue weighted by Crippen LogP contribution is 2.27. The second kappa shape index (κ2) is 8.67. The second-order valence-corrected chi connectivity index (χ2v) is 8.16. The van der Waals surface area contributed by atoms with Crippen molar-refractivity contribution in [2.45, 2.75) is 20.4 Å². The van der Waals surface area contributed by atoms with E-state index in [1.807, 2.05) is 60.9 Å². The summed E-state index contributed by atoms with van der Waals surface area (Å²) in [6.45, 7) is 4.58. The number of carbonyl (C=O) groups is 1. The van der Waals surface area contributed by atoms with E-state index in [2.05, 4.69) is 5.32 Å². The van der Waals surface area contributed by atoms with Crippen LogP contribution in [0, 0.1) is 5.41 Å². The number of nitrogen functional groups attached to an aromatic ring is 1. The van der Waals surface area contributed by atoms with Crippen LogP contribution < -0.4 is 20.5 Å². The molecule has 160 valence electrons. The van der Waals surface area contributed by atoms with E-state index in [0.717, 1.165) is 16.5 Å². The van der Waals surface area contributed by atoms with Crippen LogP contribution in [0.25, 0.3) is 10.9 Å². The molecular formula is C23H29N3O4. The number of fused-ring (bicyclic) bond motifs is 1. The van der Waals surface area contributed by atoms with Gasteiger partial charge in [0.25, 0.3) is 5.91 Å². The lowest BCUT2D eigenvalue weighted by atomic mass is 9.95. The zero-order valence-corrected chi connectivity index (χ0v) is 17.9. The minimum atomic E-state index is -0.406. The third-order valence-electron chi connectivity index (χ3n) is 5.07. The van der Waals surface area contributed by atoms with Crippen molar-refractivity contribution in [1.29, 1.82) is 0 Å². The van der Waals surface area contributed by atoms with Gasteiger partial charge in [-0.15, -0.1) is 0 Å². The molecule has 1 aromatic heterocycles. The van der Waals surface area contributed by atoms with Crippen molar-refractivity contribution in [3.05, 3.63) is 53.7 Å². The topological polar surface area (TPSA) is 98.7 Å². The van der Waals surface area contributed by atoms with Gasteiger partial charge < -0.3 is 30.2 Å². The molecule has 0 fully saturated rings. The smallest absolute Gasteiger partial charge is 0.267 e. The number of amides is 1. The SMILES string of the molecule is COc1cc(Cn2c(C(=O)NCC(C)(C)CO)cc3cc(N)ccc32)cc(OC)c1. The summed E-state index contributed by atoms with van der Waals surface area (Å²) in [7, 11) is 3.21. The summed E-state index contributed by atoms with van der Waals surface area (Å²) in [5, 5.41) is 13.3. The second-order valence-electron chi connectivity index (χ2n) is 8.16. The maximum Gasteiger partial charge on any atom is 0.267 e. The third kappa shape index (κ3) is 4.68. The van der Waals surface area contributed by atoms with Gasteiger partial charge >= 0.3 is 0 Å². The Bertz CT molecular complexity index is 1030. The van der Waals surface area contributed by atoms with Crippen LogP contribution in [0.15, 0.2) is 42.5 Å². The van der Waals surface area contributed by atoms with E-state index < -0.39 is 5.41 Å². The van der Waals surface area contributed by atoms with Crippen LogP contribution >= 0.6 is 0 Å². The molecule has 3 rings (SSSR count). The first kappa shape index (κ1) is 21.5. The van der Waals surface area contributed by atoms with Crippen molar-refractivity contribution in [3.8, 4) is 11.5 Å². The molecule has 0 radical (unpaired) electrons. The van der Waals surface area contributed by atoms with Crippen molar-refractivity contribution in [2.75, 3.05) is 33.1 Å². The molecule has 1 heterocycles. The summed E-state index contributed by atoms with van der Waals surface area (Å²) >= 11 is 0. The zero-order valence-electron chi connectivity index (χ0n) is 17.9. The third-order valence-corrected chi connectivity index (χ3v) is 5.07. The Hall–Kier alpha value is -3.19. The number of hydrogen-bond donors (Lipinski definition) is 3. The average molecular weight is 412 g/mol. The van der Waals surface area contributed by atoms with E-state index in [4.69, 9.17) is 15.2 Å². The molecule has 0 atom stereocenters. The lowest BCUT2D eigenvalue weighted by molar-refractivity contribution is 0.0903. The molecular weight excluding hydrogens is 382 g/mol. The number of nitrogens with one attached hydrogen (secondary N) is 1. The Balaban J connectivity index is 2.02. The fourth-order valence-corrected chi connectivity index (χ4v) is 3.25. The fraction of sp³-hybridized carbons (Fsp3) is 0.348. The number of nitrogens with two attached hydrogens (primary N) is 1. The normalized spacial score (nSPS) is 11.5. The van der Waals surface area contributed by atoms with E-state index >= 15 is 0 Å². The molecule has 4 N–H and O–H groups in total. The number of anilines is 1. The Labute approximate surface area is 176 Å². The van der Waals surface area contributed by atoms with E-state index in [1.165, 1.54) is 0 Å². The molecule has 7 nitrogen and oxygen atoms in total. The lowest BCUT2D eigenvalue weighted by Crippen LogP contribution is -2.36. The predicted molar refractivity (Wildman–Crippen MR) is 118 cm³/mol. The Morgan fingerprint density at radius 3 is 2.37 bits per heavy atom. The maximum absolute atomic E-state index is 13.0. The number of methoxy groups -OCH3 is 2. The van der Waals surface area contributed by atoms with Crippen molar-refractivity contribution >= 4 is 22.5 Å². The number of nitrogens with zero attached hydrogens (tertiary/aromatic N) is 1. The number of hydrogen-bond acceptors (Lipinski definition) is 5. The van der Waals surface area contributed by atoms with Crippen molar-refractivity contribution in [3.63, 3.8) is 0 Å². The van der Waals surface area contributed by atoms with Gasteiger partial charge in [-0.2, -0.15) is 0 Å². The monoisotopic (exact) mass is 411 g/mol.